The number of amides is 1. The molecule has 1 N–H and O–H groups in total. The molecule has 2 aromatic rings. The maximum Gasteiger partial charge on any atom is 0.257 e. The van der Waals surface area contributed by atoms with E-state index in [-0.39, 0.29) is 11.8 Å². The van der Waals surface area contributed by atoms with Gasteiger partial charge in [0.1, 0.15) is 0 Å². The zero-order valence-electron chi connectivity index (χ0n) is 12.8. The van der Waals surface area contributed by atoms with Crippen molar-refractivity contribution in [1.82, 2.24) is 4.98 Å². The lowest BCUT2D eigenvalue weighted by Gasteiger charge is -2.18. The van der Waals surface area contributed by atoms with Crippen LogP contribution in [0.3, 0.4) is 0 Å². The summed E-state index contributed by atoms with van der Waals surface area (Å²) in [5.41, 5.74) is 2.18. The summed E-state index contributed by atoms with van der Waals surface area (Å²) in [6.45, 7) is 4.14. The average Bonchev–Trinajstić information content (AvgIpc) is 2.53. The van der Waals surface area contributed by atoms with Crippen molar-refractivity contribution in [3.05, 3.63) is 59.9 Å². The molecule has 0 spiro atoms. The molecule has 1 atom stereocenters. The maximum atomic E-state index is 12.3. The Labute approximate surface area is 130 Å². The fourth-order valence-corrected chi connectivity index (χ4v) is 2.35. The van der Waals surface area contributed by atoms with Crippen molar-refractivity contribution in [1.29, 1.82) is 5.26 Å². The van der Waals surface area contributed by atoms with Crippen LogP contribution >= 0.6 is 0 Å². The molecule has 0 saturated carbocycles. The number of hydrogen-bond donors (Lipinski definition) is 1. The van der Waals surface area contributed by atoms with Crippen LogP contribution in [0, 0.1) is 17.2 Å². The molecule has 112 valence electrons. The number of nitrogens with zero attached hydrogens (tertiary/aromatic N) is 2. The van der Waals surface area contributed by atoms with E-state index >= 15 is 0 Å². The van der Waals surface area contributed by atoms with Crippen LogP contribution in [0.4, 0.5) is 5.69 Å². The Morgan fingerprint density at radius 3 is 2.64 bits per heavy atom. The van der Waals surface area contributed by atoms with Crippen molar-refractivity contribution in [2.75, 3.05) is 5.32 Å². The van der Waals surface area contributed by atoms with Crippen molar-refractivity contribution >= 4 is 11.6 Å². The highest BCUT2D eigenvalue weighted by molar-refractivity contribution is 6.04. The Morgan fingerprint density at radius 1 is 1.27 bits per heavy atom. The summed E-state index contributed by atoms with van der Waals surface area (Å²) < 4.78 is 0. The monoisotopic (exact) mass is 293 g/mol. The molecule has 2 rings (SSSR count). The second-order valence-corrected chi connectivity index (χ2v) is 5.54. The lowest BCUT2D eigenvalue weighted by molar-refractivity contribution is 0.102. The minimum atomic E-state index is -0.194. The van der Waals surface area contributed by atoms with Gasteiger partial charge in [0, 0.05) is 30.4 Å². The molecule has 1 heterocycles. The van der Waals surface area contributed by atoms with Crippen molar-refractivity contribution in [3.8, 4) is 6.07 Å². The predicted molar refractivity (Wildman–Crippen MR) is 86.4 cm³/mol. The molecule has 1 aromatic carbocycles. The van der Waals surface area contributed by atoms with Gasteiger partial charge < -0.3 is 5.32 Å². The molecule has 0 aliphatic carbocycles. The summed E-state index contributed by atoms with van der Waals surface area (Å²) in [5, 5.41) is 11.8. The van der Waals surface area contributed by atoms with Crippen molar-refractivity contribution in [2.45, 2.75) is 26.2 Å². The summed E-state index contributed by atoms with van der Waals surface area (Å²) in [6, 6.07) is 13.3. The first kappa shape index (κ1) is 15.7. The van der Waals surface area contributed by atoms with Gasteiger partial charge in [-0.25, -0.2) is 0 Å². The number of nitrogens with one attached hydrogen (secondary N) is 1. The van der Waals surface area contributed by atoms with E-state index in [1.807, 2.05) is 36.4 Å². The normalized spacial score (nSPS) is 11.7. The second-order valence-electron chi connectivity index (χ2n) is 5.54. The fraction of sp³-hybridized carbons (Fsp3) is 0.278. The Balaban J connectivity index is 2.20. The molecule has 0 fully saturated rings. The third kappa shape index (κ3) is 3.92. The zero-order chi connectivity index (χ0) is 15.9. The minimum absolute atomic E-state index is 0.0852. The van der Waals surface area contributed by atoms with Gasteiger partial charge in [0.2, 0.25) is 0 Å². The van der Waals surface area contributed by atoms with Crippen LogP contribution in [0.15, 0.2) is 48.8 Å². The largest absolute Gasteiger partial charge is 0.322 e. The van der Waals surface area contributed by atoms with E-state index in [4.69, 9.17) is 5.26 Å². The van der Waals surface area contributed by atoms with E-state index in [0.29, 0.717) is 17.9 Å². The highest BCUT2D eigenvalue weighted by Gasteiger charge is 2.17. The SMILES string of the molecule is CC(C)C(CC#N)c1cncc(C(=O)Nc2ccccc2)c1. The number of pyridine rings is 1. The van der Waals surface area contributed by atoms with Gasteiger partial charge in [0.15, 0.2) is 0 Å². The van der Waals surface area contributed by atoms with Gasteiger partial charge in [-0.2, -0.15) is 5.26 Å². The van der Waals surface area contributed by atoms with E-state index < -0.39 is 0 Å². The number of carbonyl (C=O) groups excluding carboxylic acids is 1. The van der Waals surface area contributed by atoms with Crippen LogP contribution in [0.1, 0.15) is 42.1 Å². The molecule has 0 radical (unpaired) electrons. The molecule has 1 amide bonds. The average molecular weight is 293 g/mol. The van der Waals surface area contributed by atoms with Crippen LogP contribution in [0.2, 0.25) is 0 Å². The summed E-state index contributed by atoms with van der Waals surface area (Å²) in [4.78, 5) is 16.5. The number of aromatic nitrogens is 1. The van der Waals surface area contributed by atoms with Crippen LogP contribution in [-0.4, -0.2) is 10.9 Å². The standard InChI is InChI=1S/C18H19N3O/c1-13(2)17(8-9-19)14-10-15(12-20-11-14)18(22)21-16-6-4-3-5-7-16/h3-7,10-13,17H,8H2,1-2H3,(H,21,22). The first-order valence-corrected chi connectivity index (χ1v) is 7.30. The van der Waals surface area contributed by atoms with Crippen molar-refractivity contribution < 1.29 is 4.79 Å². The van der Waals surface area contributed by atoms with Gasteiger partial charge in [-0.05, 0) is 29.7 Å². The molecule has 4 heteroatoms. The molecule has 0 saturated heterocycles. The molecule has 1 unspecified atom stereocenters. The summed E-state index contributed by atoms with van der Waals surface area (Å²) in [6.07, 6.45) is 3.70. The number of hydrogen-bond acceptors (Lipinski definition) is 3. The summed E-state index contributed by atoms with van der Waals surface area (Å²) >= 11 is 0. The topological polar surface area (TPSA) is 65.8 Å². The van der Waals surface area contributed by atoms with E-state index in [9.17, 15) is 4.79 Å². The van der Waals surface area contributed by atoms with E-state index in [2.05, 4.69) is 30.2 Å². The Morgan fingerprint density at radius 2 is 2.00 bits per heavy atom. The number of nitriles is 1. The molecular formula is C18H19N3O. The van der Waals surface area contributed by atoms with E-state index in [0.717, 1.165) is 11.3 Å². The fourth-order valence-electron chi connectivity index (χ4n) is 2.35. The van der Waals surface area contributed by atoms with Gasteiger partial charge in [0.25, 0.3) is 5.91 Å². The molecule has 4 nitrogen and oxygen atoms in total. The van der Waals surface area contributed by atoms with Gasteiger partial charge in [0.05, 0.1) is 11.6 Å². The first-order valence-electron chi connectivity index (χ1n) is 7.30. The Kier molecular flexibility index (Phi) is 5.26. The zero-order valence-corrected chi connectivity index (χ0v) is 12.8. The number of rotatable bonds is 5. The van der Waals surface area contributed by atoms with E-state index in [1.165, 1.54) is 0 Å². The van der Waals surface area contributed by atoms with Crippen molar-refractivity contribution in [3.63, 3.8) is 0 Å². The van der Waals surface area contributed by atoms with Gasteiger partial charge >= 0.3 is 0 Å². The van der Waals surface area contributed by atoms with Crippen LogP contribution in [0.25, 0.3) is 0 Å². The third-order valence-corrected chi connectivity index (χ3v) is 3.60. The van der Waals surface area contributed by atoms with Gasteiger partial charge in [-0.15, -0.1) is 0 Å². The molecular weight excluding hydrogens is 274 g/mol. The second kappa shape index (κ2) is 7.37. The highest BCUT2D eigenvalue weighted by Crippen LogP contribution is 2.27. The lowest BCUT2D eigenvalue weighted by atomic mass is 9.86. The van der Waals surface area contributed by atoms with Crippen LogP contribution in [-0.2, 0) is 0 Å². The number of para-hydroxylation sites is 1. The summed E-state index contributed by atoms with van der Waals surface area (Å²) in [5.74, 6) is 0.205. The number of carbonyl (C=O) groups is 1. The first-order chi connectivity index (χ1) is 10.6. The van der Waals surface area contributed by atoms with E-state index in [1.54, 1.807) is 12.4 Å². The lowest BCUT2D eigenvalue weighted by Crippen LogP contribution is -2.14. The predicted octanol–water partition coefficient (Wildman–Crippen LogP) is 3.99. The molecule has 0 bridgehead atoms. The molecule has 1 aromatic heterocycles. The molecule has 0 aliphatic heterocycles. The van der Waals surface area contributed by atoms with Crippen molar-refractivity contribution in [2.24, 2.45) is 5.92 Å². The quantitative estimate of drug-likeness (QED) is 0.906. The number of benzene rings is 1. The van der Waals surface area contributed by atoms with Gasteiger partial charge in [-0.1, -0.05) is 32.0 Å². The smallest absolute Gasteiger partial charge is 0.257 e. The molecule has 22 heavy (non-hydrogen) atoms. The summed E-state index contributed by atoms with van der Waals surface area (Å²) in [7, 11) is 0. The Hall–Kier alpha value is -2.67. The van der Waals surface area contributed by atoms with Gasteiger partial charge in [-0.3, -0.25) is 9.78 Å². The minimum Gasteiger partial charge on any atom is -0.322 e. The molecule has 0 aliphatic rings. The van der Waals surface area contributed by atoms with Crippen LogP contribution in [0.5, 0.6) is 0 Å². The highest BCUT2D eigenvalue weighted by atomic mass is 16.1. The maximum absolute atomic E-state index is 12.3. The number of anilines is 1. The van der Waals surface area contributed by atoms with Crippen LogP contribution < -0.4 is 5.32 Å². The Bertz CT molecular complexity index is 674. The third-order valence-electron chi connectivity index (χ3n) is 3.60.